The van der Waals surface area contributed by atoms with Gasteiger partial charge in [0, 0.05) is 14.1 Å². The van der Waals surface area contributed by atoms with E-state index in [0.29, 0.717) is 0 Å². The molecule has 0 aliphatic carbocycles. The average Bonchev–Trinajstić information content (AvgIpc) is 1.85. The Balaban J connectivity index is 4.16. The summed E-state index contributed by atoms with van der Waals surface area (Å²) in [7, 11) is 3.43. The number of nitrogens with zero attached hydrogens (tertiary/aromatic N) is 2. The van der Waals surface area contributed by atoms with Crippen LogP contribution in [0.4, 0.5) is 0 Å². The van der Waals surface area contributed by atoms with Gasteiger partial charge in [-0.2, -0.15) is 5.26 Å². The van der Waals surface area contributed by atoms with Crippen molar-refractivity contribution in [3.8, 4) is 6.07 Å². The smallest absolute Gasteiger partial charge is 0.251 e. The molecular formula is C8H15N3O. The molecule has 1 atom stereocenters. The van der Waals surface area contributed by atoms with Gasteiger partial charge in [0.1, 0.15) is 5.92 Å². The summed E-state index contributed by atoms with van der Waals surface area (Å²) in [5.74, 6) is -0.750. The summed E-state index contributed by atoms with van der Waals surface area (Å²) in [6.07, 6.45) is 0. The first kappa shape index (κ1) is 10.9. The van der Waals surface area contributed by atoms with Gasteiger partial charge in [0.05, 0.1) is 6.07 Å². The van der Waals surface area contributed by atoms with E-state index >= 15 is 0 Å². The number of hydrogen-bond acceptors (Lipinski definition) is 3. The third-order valence-electron chi connectivity index (χ3n) is 1.42. The minimum atomic E-state index is -0.563. The predicted octanol–water partition coefficient (Wildman–Crippen LogP) is 0.375. The van der Waals surface area contributed by atoms with Crippen molar-refractivity contribution in [2.24, 2.45) is 11.8 Å². The number of hydrogen-bond donors (Lipinski definition) is 1. The summed E-state index contributed by atoms with van der Waals surface area (Å²) < 4.78 is 0. The zero-order valence-electron chi connectivity index (χ0n) is 7.96. The molecule has 0 aromatic carbocycles. The quantitative estimate of drug-likeness (QED) is 0.621. The second kappa shape index (κ2) is 4.73. The van der Waals surface area contributed by atoms with Gasteiger partial charge in [-0.1, -0.05) is 13.8 Å². The number of nitrogens with one attached hydrogen (secondary N) is 1. The molecular weight excluding hydrogens is 154 g/mol. The molecule has 68 valence electrons. The number of carbonyl (C=O) groups excluding carboxylic acids is 1. The summed E-state index contributed by atoms with van der Waals surface area (Å²) >= 11 is 0. The Hall–Kier alpha value is -1.08. The second-order valence-corrected chi connectivity index (χ2v) is 3.22. The monoisotopic (exact) mass is 169 g/mol. The van der Waals surface area contributed by atoms with E-state index in [1.54, 1.807) is 14.1 Å². The molecule has 0 aromatic rings. The molecule has 0 saturated heterocycles. The van der Waals surface area contributed by atoms with E-state index in [-0.39, 0.29) is 11.8 Å². The highest BCUT2D eigenvalue weighted by molar-refractivity contribution is 5.80. The van der Waals surface area contributed by atoms with Crippen molar-refractivity contribution in [3.05, 3.63) is 0 Å². The van der Waals surface area contributed by atoms with Crippen LogP contribution in [-0.2, 0) is 4.79 Å². The van der Waals surface area contributed by atoms with Crippen LogP contribution in [0.2, 0.25) is 0 Å². The van der Waals surface area contributed by atoms with Crippen molar-refractivity contribution < 1.29 is 4.79 Å². The van der Waals surface area contributed by atoms with E-state index in [0.717, 1.165) is 0 Å². The van der Waals surface area contributed by atoms with Crippen molar-refractivity contribution in [2.75, 3.05) is 14.1 Å². The van der Waals surface area contributed by atoms with Gasteiger partial charge < -0.3 is 0 Å². The van der Waals surface area contributed by atoms with Gasteiger partial charge >= 0.3 is 0 Å². The van der Waals surface area contributed by atoms with Crippen LogP contribution >= 0.6 is 0 Å². The molecule has 12 heavy (non-hydrogen) atoms. The lowest BCUT2D eigenvalue weighted by Gasteiger charge is -2.16. The lowest BCUT2D eigenvalue weighted by atomic mass is 9.97. The minimum Gasteiger partial charge on any atom is -0.288 e. The molecule has 0 radical (unpaired) electrons. The second-order valence-electron chi connectivity index (χ2n) is 3.22. The van der Waals surface area contributed by atoms with Crippen LogP contribution in [0.15, 0.2) is 0 Å². The third kappa shape index (κ3) is 3.35. The Labute approximate surface area is 73.1 Å². The summed E-state index contributed by atoms with van der Waals surface area (Å²) in [4.78, 5) is 11.3. The zero-order chi connectivity index (χ0) is 9.72. The van der Waals surface area contributed by atoms with Crippen molar-refractivity contribution in [1.82, 2.24) is 10.4 Å². The molecule has 0 bridgehead atoms. The molecule has 1 N–H and O–H groups in total. The molecule has 0 aliphatic heterocycles. The van der Waals surface area contributed by atoms with Crippen molar-refractivity contribution in [2.45, 2.75) is 13.8 Å². The largest absolute Gasteiger partial charge is 0.288 e. The molecule has 4 heteroatoms. The highest BCUT2D eigenvalue weighted by Crippen LogP contribution is 2.08. The number of hydrazine groups is 1. The number of rotatable bonds is 3. The Morgan fingerprint density at radius 2 is 2.00 bits per heavy atom. The molecule has 1 amide bonds. The summed E-state index contributed by atoms with van der Waals surface area (Å²) in [6.45, 7) is 3.70. The first-order valence-corrected chi connectivity index (χ1v) is 3.86. The molecule has 0 saturated carbocycles. The van der Waals surface area contributed by atoms with Crippen LogP contribution in [-0.4, -0.2) is 25.0 Å². The van der Waals surface area contributed by atoms with Crippen LogP contribution < -0.4 is 5.43 Å². The van der Waals surface area contributed by atoms with Crippen LogP contribution in [0.1, 0.15) is 13.8 Å². The van der Waals surface area contributed by atoms with Gasteiger partial charge in [-0.25, -0.2) is 5.01 Å². The molecule has 0 spiro atoms. The number of amides is 1. The lowest BCUT2D eigenvalue weighted by molar-refractivity contribution is -0.128. The number of carbonyl (C=O) groups is 1. The fourth-order valence-electron chi connectivity index (χ4n) is 0.800. The Morgan fingerprint density at radius 1 is 1.50 bits per heavy atom. The fraction of sp³-hybridized carbons (Fsp3) is 0.750. The normalized spacial score (nSPS) is 12.8. The Kier molecular flexibility index (Phi) is 4.30. The van der Waals surface area contributed by atoms with Gasteiger partial charge in [0.25, 0.3) is 5.91 Å². The van der Waals surface area contributed by atoms with Crippen molar-refractivity contribution in [1.29, 1.82) is 5.26 Å². The van der Waals surface area contributed by atoms with Crippen LogP contribution in [0.5, 0.6) is 0 Å². The van der Waals surface area contributed by atoms with E-state index in [2.05, 4.69) is 5.43 Å². The predicted molar refractivity (Wildman–Crippen MR) is 45.8 cm³/mol. The highest BCUT2D eigenvalue weighted by atomic mass is 16.2. The highest BCUT2D eigenvalue weighted by Gasteiger charge is 2.21. The van der Waals surface area contributed by atoms with E-state index in [4.69, 9.17) is 5.26 Å². The molecule has 0 heterocycles. The maximum Gasteiger partial charge on any atom is 0.251 e. The lowest BCUT2D eigenvalue weighted by Crippen LogP contribution is -2.41. The molecule has 0 rings (SSSR count). The summed E-state index contributed by atoms with van der Waals surface area (Å²) in [6, 6.07) is 1.97. The summed E-state index contributed by atoms with van der Waals surface area (Å²) in [5, 5.41) is 10.2. The van der Waals surface area contributed by atoms with E-state index < -0.39 is 5.92 Å². The molecule has 0 aromatic heterocycles. The summed E-state index contributed by atoms with van der Waals surface area (Å²) in [5.41, 5.74) is 2.55. The maximum absolute atomic E-state index is 11.3. The standard InChI is InChI=1S/C8H15N3O/c1-6(2)7(5-9)8(12)10-11(3)4/h6-7H,1-4H3,(H,10,12). The van der Waals surface area contributed by atoms with E-state index in [9.17, 15) is 4.79 Å². The van der Waals surface area contributed by atoms with Crippen LogP contribution in [0.3, 0.4) is 0 Å². The molecule has 0 aliphatic rings. The SMILES string of the molecule is CC(C)C(C#N)C(=O)NN(C)C. The minimum absolute atomic E-state index is 0.0509. The third-order valence-corrected chi connectivity index (χ3v) is 1.42. The Morgan fingerprint density at radius 3 is 2.25 bits per heavy atom. The van der Waals surface area contributed by atoms with Gasteiger partial charge in [0.2, 0.25) is 0 Å². The van der Waals surface area contributed by atoms with Crippen LogP contribution in [0, 0.1) is 23.2 Å². The maximum atomic E-state index is 11.3. The first-order chi connectivity index (χ1) is 5.49. The van der Waals surface area contributed by atoms with Gasteiger partial charge in [-0.15, -0.1) is 0 Å². The molecule has 0 fully saturated rings. The van der Waals surface area contributed by atoms with Crippen LogP contribution in [0.25, 0.3) is 0 Å². The number of nitriles is 1. The van der Waals surface area contributed by atoms with Crippen molar-refractivity contribution in [3.63, 3.8) is 0 Å². The zero-order valence-corrected chi connectivity index (χ0v) is 7.96. The van der Waals surface area contributed by atoms with Gasteiger partial charge in [0.15, 0.2) is 0 Å². The first-order valence-electron chi connectivity index (χ1n) is 3.86. The van der Waals surface area contributed by atoms with Crippen molar-refractivity contribution >= 4 is 5.91 Å². The average molecular weight is 169 g/mol. The molecule has 4 nitrogen and oxygen atoms in total. The molecule has 1 unspecified atom stereocenters. The van der Waals surface area contributed by atoms with Gasteiger partial charge in [-0.05, 0) is 5.92 Å². The Bertz CT molecular complexity index is 193. The van der Waals surface area contributed by atoms with Gasteiger partial charge in [-0.3, -0.25) is 10.2 Å². The fourth-order valence-corrected chi connectivity index (χ4v) is 0.800. The van der Waals surface area contributed by atoms with E-state index in [1.165, 1.54) is 5.01 Å². The van der Waals surface area contributed by atoms with E-state index in [1.807, 2.05) is 19.9 Å². The topological polar surface area (TPSA) is 56.1 Å².